The molecule has 0 saturated carbocycles. The van der Waals surface area contributed by atoms with Gasteiger partial charge in [-0.05, 0) is 19.1 Å². The van der Waals surface area contributed by atoms with Gasteiger partial charge < -0.3 is 15.9 Å². The number of benzene rings is 1. The molecule has 7 nitrogen and oxygen atoms in total. The van der Waals surface area contributed by atoms with Crippen molar-refractivity contribution in [3.05, 3.63) is 41.2 Å². The van der Waals surface area contributed by atoms with Crippen molar-refractivity contribution in [2.45, 2.75) is 6.92 Å². The summed E-state index contributed by atoms with van der Waals surface area (Å²) in [5.41, 5.74) is 5.75. The van der Waals surface area contributed by atoms with E-state index in [1.54, 1.807) is 24.3 Å². The Morgan fingerprint density at radius 1 is 1.16 bits per heavy atom. The van der Waals surface area contributed by atoms with Crippen LogP contribution >= 0.6 is 0 Å². The molecule has 1 aromatic heterocycles. The normalized spacial score (nSPS) is 10.4. The second kappa shape index (κ2) is 4.45. The van der Waals surface area contributed by atoms with E-state index < -0.39 is 17.6 Å². The first-order chi connectivity index (χ1) is 8.91. The number of hydrogen-bond donors (Lipinski definition) is 3. The van der Waals surface area contributed by atoms with Gasteiger partial charge in [-0.3, -0.25) is 0 Å². The lowest BCUT2D eigenvalue weighted by molar-refractivity contribution is 0.0679. The van der Waals surface area contributed by atoms with Crippen LogP contribution in [0.4, 0.5) is 5.69 Å². The molecule has 0 aliphatic carbocycles. The zero-order valence-corrected chi connectivity index (χ0v) is 9.99. The van der Waals surface area contributed by atoms with Crippen molar-refractivity contribution in [3.63, 3.8) is 0 Å². The predicted molar refractivity (Wildman–Crippen MR) is 66.6 cm³/mol. The molecule has 0 fully saturated rings. The van der Waals surface area contributed by atoms with Gasteiger partial charge in [0.15, 0.2) is 11.4 Å². The molecule has 98 valence electrons. The van der Waals surface area contributed by atoms with E-state index in [2.05, 4.69) is 5.10 Å². The molecule has 0 amide bonds. The monoisotopic (exact) mass is 261 g/mol. The SMILES string of the molecule is Cc1ccc(-n2nc(C(=O)O)c(N)c2C(=O)O)cc1. The second-order valence-electron chi connectivity index (χ2n) is 3.97. The third-order valence-corrected chi connectivity index (χ3v) is 2.61. The first-order valence-corrected chi connectivity index (χ1v) is 5.34. The third kappa shape index (κ3) is 2.13. The second-order valence-corrected chi connectivity index (χ2v) is 3.97. The highest BCUT2D eigenvalue weighted by Crippen LogP contribution is 2.21. The van der Waals surface area contributed by atoms with Gasteiger partial charge in [-0.1, -0.05) is 17.7 Å². The number of nitrogens with two attached hydrogens (primary N) is 1. The highest BCUT2D eigenvalue weighted by molar-refractivity contribution is 6.00. The van der Waals surface area contributed by atoms with E-state index in [1.165, 1.54) is 0 Å². The highest BCUT2D eigenvalue weighted by atomic mass is 16.4. The van der Waals surface area contributed by atoms with Crippen molar-refractivity contribution in [1.82, 2.24) is 9.78 Å². The summed E-state index contributed by atoms with van der Waals surface area (Å²) >= 11 is 0. The Morgan fingerprint density at radius 3 is 2.21 bits per heavy atom. The molecule has 0 saturated heterocycles. The fourth-order valence-corrected chi connectivity index (χ4v) is 1.67. The Labute approximate surface area is 107 Å². The molecule has 19 heavy (non-hydrogen) atoms. The molecular formula is C12H11N3O4. The number of carboxylic acids is 2. The van der Waals surface area contributed by atoms with Crippen molar-refractivity contribution >= 4 is 17.6 Å². The number of carboxylic acid groups (broad SMARTS) is 2. The van der Waals surface area contributed by atoms with Crippen molar-refractivity contribution in [1.29, 1.82) is 0 Å². The fraction of sp³-hybridized carbons (Fsp3) is 0.0833. The van der Waals surface area contributed by atoms with Gasteiger partial charge >= 0.3 is 11.9 Å². The topological polar surface area (TPSA) is 118 Å². The van der Waals surface area contributed by atoms with Crippen molar-refractivity contribution in [2.24, 2.45) is 0 Å². The summed E-state index contributed by atoms with van der Waals surface area (Å²) in [4.78, 5) is 22.1. The minimum atomic E-state index is -1.37. The molecule has 0 aliphatic rings. The Bertz CT molecular complexity index is 658. The number of hydrogen-bond acceptors (Lipinski definition) is 4. The van der Waals surface area contributed by atoms with E-state index in [0.717, 1.165) is 10.2 Å². The number of aryl methyl sites for hydroxylation is 1. The van der Waals surface area contributed by atoms with Gasteiger partial charge in [0.2, 0.25) is 0 Å². The highest BCUT2D eigenvalue weighted by Gasteiger charge is 2.25. The van der Waals surface area contributed by atoms with Crippen LogP contribution in [0.3, 0.4) is 0 Å². The zero-order chi connectivity index (χ0) is 14.2. The molecule has 2 rings (SSSR count). The molecule has 7 heteroatoms. The lowest BCUT2D eigenvalue weighted by Gasteiger charge is -2.04. The zero-order valence-electron chi connectivity index (χ0n) is 9.99. The van der Waals surface area contributed by atoms with Gasteiger partial charge in [0, 0.05) is 0 Å². The van der Waals surface area contributed by atoms with Crippen LogP contribution in [0.15, 0.2) is 24.3 Å². The molecule has 1 heterocycles. The van der Waals surface area contributed by atoms with E-state index in [0.29, 0.717) is 5.69 Å². The molecule has 1 aromatic carbocycles. The van der Waals surface area contributed by atoms with Gasteiger partial charge in [0.25, 0.3) is 0 Å². The Hall–Kier alpha value is -2.83. The van der Waals surface area contributed by atoms with Crippen molar-refractivity contribution in [2.75, 3.05) is 5.73 Å². The van der Waals surface area contributed by atoms with Crippen LogP contribution in [-0.2, 0) is 0 Å². The summed E-state index contributed by atoms with van der Waals surface area (Å²) in [5, 5.41) is 21.8. The maximum absolute atomic E-state index is 11.2. The lowest BCUT2D eigenvalue weighted by Crippen LogP contribution is -2.09. The van der Waals surface area contributed by atoms with Crippen LogP contribution in [-0.4, -0.2) is 31.9 Å². The number of anilines is 1. The van der Waals surface area contributed by atoms with E-state index >= 15 is 0 Å². The molecule has 0 spiro atoms. The average molecular weight is 261 g/mol. The largest absolute Gasteiger partial charge is 0.476 e. The first-order valence-electron chi connectivity index (χ1n) is 5.34. The number of rotatable bonds is 3. The molecular weight excluding hydrogens is 250 g/mol. The molecule has 0 unspecified atom stereocenters. The Morgan fingerprint density at radius 2 is 1.74 bits per heavy atom. The molecule has 0 atom stereocenters. The smallest absolute Gasteiger partial charge is 0.358 e. The van der Waals surface area contributed by atoms with Crippen LogP contribution in [0, 0.1) is 6.92 Å². The number of nitrogens with zero attached hydrogens (tertiary/aromatic N) is 2. The van der Waals surface area contributed by atoms with Crippen LogP contribution in [0.5, 0.6) is 0 Å². The summed E-state index contributed by atoms with van der Waals surface area (Å²) in [7, 11) is 0. The predicted octanol–water partition coefficient (Wildman–Crippen LogP) is 1.16. The van der Waals surface area contributed by atoms with Gasteiger partial charge in [0.1, 0.15) is 5.69 Å². The van der Waals surface area contributed by atoms with E-state index in [1.807, 2.05) is 6.92 Å². The van der Waals surface area contributed by atoms with E-state index in [9.17, 15) is 9.59 Å². The van der Waals surface area contributed by atoms with Crippen LogP contribution in [0.2, 0.25) is 0 Å². The van der Waals surface area contributed by atoms with E-state index in [4.69, 9.17) is 15.9 Å². The van der Waals surface area contributed by atoms with Crippen molar-refractivity contribution < 1.29 is 19.8 Å². The first kappa shape index (κ1) is 12.6. The fourth-order valence-electron chi connectivity index (χ4n) is 1.67. The van der Waals surface area contributed by atoms with Gasteiger partial charge in [-0.2, -0.15) is 5.10 Å². The van der Waals surface area contributed by atoms with Crippen LogP contribution < -0.4 is 5.73 Å². The maximum atomic E-state index is 11.2. The summed E-state index contributed by atoms with van der Waals surface area (Å²) in [6.45, 7) is 1.88. The summed E-state index contributed by atoms with van der Waals surface area (Å²) in [5.74, 6) is -2.70. The molecule has 0 bridgehead atoms. The molecule has 0 aliphatic heterocycles. The number of aromatic carboxylic acids is 2. The average Bonchev–Trinajstić information content (AvgIpc) is 2.68. The molecule has 4 N–H and O–H groups in total. The Kier molecular flexibility index (Phi) is 2.95. The molecule has 2 aromatic rings. The molecule has 0 radical (unpaired) electrons. The van der Waals surface area contributed by atoms with E-state index in [-0.39, 0.29) is 11.4 Å². The van der Waals surface area contributed by atoms with Crippen LogP contribution in [0.25, 0.3) is 5.69 Å². The number of carbonyl (C=O) groups is 2. The summed E-state index contributed by atoms with van der Waals surface area (Å²) in [6, 6.07) is 6.80. The number of nitrogen functional groups attached to an aromatic ring is 1. The van der Waals surface area contributed by atoms with Crippen molar-refractivity contribution in [3.8, 4) is 5.69 Å². The number of aromatic nitrogens is 2. The minimum Gasteiger partial charge on any atom is -0.476 e. The van der Waals surface area contributed by atoms with Gasteiger partial charge in [0.05, 0.1) is 5.69 Å². The summed E-state index contributed by atoms with van der Waals surface area (Å²) < 4.78 is 1.01. The Balaban J connectivity index is 2.68. The lowest BCUT2D eigenvalue weighted by atomic mass is 10.2. The third-order valence-electron chi connectivity index (χ3n) is 2.61. The van der Waals surface area contributed by atoms with Gasteiger partial charge in [-0.15, -0.1) is 0 Å². The van der Waals surface area contributed by atoms with Crippen LogP contribution in [0.1, 0.15) is 26.5 Å². The quantitative estimate of drug-likeness (QED) is 0.762. The summed E-state index contributed by atoms with van der Waals surface area (Å²) in [6.07, 6.45) is 0. The maximum Gasteiger partial charge on any atom is 0.358 e. The standard InChI is InChI=1S/C12H11N3O4/c1-6-2-4-7(5-3-6)15-10(12(18)19)8(13)9(14-15)11(16)17/h2-5H,13H2,1H3,(H,16,17)(H,18,19). The van der Waals surface area contributed by atoms with Gasteiger partial charge in [-0.25, -0.2) is 14.3 Å². The minimum absolute atomic E-state index is 0.360.